The highest BCUT2D eigenvalue weighted by atomic mass is 32.1. The molecule has 1 unspecified atom stereocenters. The lowest BCUT2D eigenvalue weighted by atomic mass is 9.95. The number of H-pyrrole nitrogens is 1. The Balaban J connectivity index is 1.57. The molecular weight excluding hydrogens is 292 g/mol. The molecule has 1 aromatic carbocycles. The summed E-state index contributed by atoms with van der Waals surface area (Å²) in [4.78, 5) is 2.40. The van der Waals surface area contributed by atoms with E-state index in [1.165, 1.54) is 22.3 Å². The van der Waals surface area contributed by atoms with E-state index in [1.54, 1.807) is 11.3 Å². The topological polar surface area (TPSA) is 57.9 Å². The molecule has 0 amide bonds. The molecule has 22 heavy (non-hydrogen) atoms. The average molecular weight is 310 g/mol. The summed E-state index contributed by atoms with van der Waals surface area (Å²) in [6, 6.07) is 10.7. The van der Waals surface area contributed by atoms with Crippen LogP contribution in [0, 0.1) is 0 Å². The molecule has 3 aromatic rings. The number of aromatic amines is 1. The predicted octanol–water partition coefficient (Wildman–Crippen LogP) is 3.15. The Bertz CT molecular complexity index is 763. The van der Waals surface area contributed by atoms with Gasteiger partial charge < -0.3 is 5.73 Å². The van der Waals surface area contributed by atoms with Crippen molar-refractivity contribution in [1.82, 2.24) is 15.1 Å². The Kier molecular flexibility index (Phi) is 3.54. The van der Waals surface area contributed by atoms with E-state index >= 15 is 0 Å². The van der Waals surface area contributed by atoms with Crippen molar-refractivity contribution in [2.75, 3.05) is 6.54 Å². The standard InChI is InChI=1S/C17H18N4S/c18-16-10-21(8-12-3-1-2-4-15(12)16)9-14-7-19-20-17(14)13-5-6-22-11-13/h1-7,11,16H,8-10,18H2,(H,19,20). The van der Waals surface area contributed by atoms with Gasteiger partial charge in [-0.2, -0.15) is 16.4 Å². The van der Waals surface area contributed by atoms with Crippen molar-refractivity contribution in [1.29, 1.82) is 0 Å². The van der Waals surface area contributed by atoms with Crippen molar-refractivity contribution in [3.8, 4) is 11.3 Å². The molecule has 3 N–H and O–H groups in total. The summed E-state index contributed by atoms with van der Waals surface area (Å²) in [6.45, 7) is 2.69. The van der Waals surface area contributed by atoms with E-state index in [0.29, 0.717) is 0 Å². The Morgan fingerprint density at radius 3 is 3.09 bits per heavy atom. The number of nitrogens with two attached hydrogens (primary N) is 1. The highest BCUT2D eigenvalue weighted by Gasteiger charge is 2.23. The number of nitrogens with zero attached hydrogens (tertiary/aromatic N) is 2. The maximum absolute atomic E-state index is 6.33. The smallest absolute Gasteiger partial charge is 0.0703 e. The van der Waals surface area contributed by atoms with Gasteiger partial charge in [-0.15, -0.1) is 0 Å². The van der Waals surface area contributed by atoms with Crippen LogP contribution in [-0.2, 0) is 13.1 Å². The molecule has 0 saturated heterocycles. The van der Waals surface area contributed by atoms with Gasteiger partial charge in [0.15, 0.2) is 0 Å². The van der Waals surface area contributed by atoms with Gasteiger partial charge in [-0.3, -0.25) is 10.00 Å². The van der Waals surface area contributed by atoms with E-state index in [2.05, 4.69) is 56.2 Å². The Labute approximate surface area is 133 Å². The maximum Gasteiger partial charge on any atom is 0.0703 e. The second-order valence-corrected chi connectivity index (χ2v) is 6.54. The minimum Gasteiger partial charge on any atom is -0.323 e. The number of nitrogens with one attached hydrogen (secondary N) is 1. The van der Waals surface area contributed by atoms with E-state index in [0.717, 1.165) is 25.3 Å². The second-order valence-electron chi connectivity index (χ2n) is 5.76. The molecule has 1 atom stereocenters. The van der Waals surface area contributed by atoms with Gasteiger partial charge >= 0.3 is 0 Å². The van der Waals surface area contributed by atoms with Gasteiger partial charge in [0.05, 0.1) is 11.9 Å². The van der Waals surface area contributed by atoms with E-state index in [4.69, 9.17) is 5.73 Å². The normalized spacial score (nSPS) is 18.3. The van der Waals surface area contributed by atoms with Crippen LogP contribution in [-0.4, -0.2) is 21.6 Å². The minimum absolute atomic E-state index is 0.0847. The number of hydrogen-bond acceptors (Lipinski definition) is 4. The molecule has 0 fully saturated rings. The maximum atomic E-state index is 6.33. The lowest BCUT2D eigenvalue weighted by Crippen LogP contribution is -2.36. The van der Waals surface area contributed by atoms with Crippen molar-refractivity contribution >= 4 is 11.3 Å². The number of fused-ring (bicyclic) bond motifs is 1. The number of thiophene rings is 1. The number of aromatic nitrogens is 2. The predicted molar refractivity (Wildman–Crippen MR) is 89.4 cm³/mol. The van der Waals surface area contributed by atoms with Crippen LogP contribution in [0.15, 0.2) is 47.3 Å². The fraction of sp³-hybridized carbons (Fsp3) is 0.235. The first-order valence-electron chi connectivity index (χ1n) is 7.42. The van der Waals surface area contributed by atoms with E-state index in [9.17, 15) is 0 Å². The van der Waals surface area contributed by atoms with Crippen molar-refractivity contribution in [2.45, 2.75) is 19.1 Å². The van der Waals surface area contributed by atoms with Crippen molar-refractivity contribution in [2.24, 2.45) is 5.73 Å². The lowest BCUT2D eigenvalue weighted by Gasteiger charge is -2.32. The molecule has 112 valence electrons. The molecule has 1 aliphatic heterocycles. The van der Waals surface area contributed by atoms with Crippen LogP contribution in [0.1, 0.15) is 22.7 Å². The lowest BCUT2D eigenvalue weighted by molar-refractivity contribution is 0.223. The van der Waals surface area contributed by atoms with E-state index in [1.807, 2.05) is 6.20 Å². The molecular formula is C17H18N4S. The third kappa shape index (κ3) is 2.47. The number of rotatable bonds is 3. The van der Waals surface area contributed by atoms with Crippen molar-refractivity contribution < 1.29 is 0 Å². The third-order valence-corrected chi connectivity index (χ3v) is 4.91. The van der Waals surface area contributed by atoms with Gasteiger partial charge in [0.1, 0.15) is 0 Å². The summed E-state index contributed by atoms with van der Waals surface area (Å²) in [5, 5.41) is 11.6. The summed E-state index contributed by atoms with van der Waals surface area (Å²) in [5.41, 5.74) is 12.5. The SMILES string of the molecule is NC1CN(Cc2cn[nH]c2-c2ccsc2)Cc2ccccc21. The molecule has 0 bridgehead atoms. The molecule has 4 rings (SSSR count). The quantitative estimate of drug-likeness (QED) is 0.781. The van der Waals surface area contributed by atoms with Gasteiger partial charge in [-0.1, -0.05) is 24.3 Å². The minimum atomic E-state index is 0.0847. The van der Waals surface area contributed by atoms with Gasteiger partial charge in [0, 0.05) is 42.2 Å². The first-order chi connectivity index (χ1) is 10.8. The number of hydrogen-bond donors (Lipinski definition) is 2. The molecule has 0 saturated carbocycles. The van der Waals surface area contributed by atoms with E-state index in [-0.39, 0.29) is 6.04 Å². The van der Waals surface area contributed by atoms with Crippen molar-refractivity contribution in [3.63, 3.8) is 0 Å². The molecule has 1 aliphatic rings. The van der Waals surface area contributed by atoms with Gasteiger partial charge in [0.25, 0.3) is 0 Å². The largest absolute Gasteiger partial charge is 0.323 e. The third-order valence-electron chi connectivity index (χ3n) is 4.23. The second kappa shape index (κ2) is 5.68. The first kappa shape index (κ1) is 13.7. The van der Waals surface area contributed by atoms with Crippen LogP contribution in [0.3, 0.4) is 0 Å². The molecule has 4 nitrogen and oxygen atoms in total. The van der Waals surface area contributed by atoms with Crippen LogP contribution in [0.25, 0.3) is 11.3 Å². The zero-order valence-corrected chi connectivity index (χ0v) is 13.0. The highest BCUT2D eigenvalue weighted by molar-refractivity contribution is 7.08. The first-order valence-corrected chi connectivity index (χ1v) is 8.36. The summed E-state index contributed by atoms with van der Waals surface area (Å²) in [5.74, 6) is 0. The highest BCUT2D eigenvalue weighted by Crippen LogP contribution is 2.28. The van der Waals surface area contributed by atoms with E-state index < -0.39 is 0 Å². The molecule has 3 heterocycles. The molecule has 5 heteroatoms. The van der Waals surface area contributed by atoms with Crippen LogP contribution in [0.5, 0.6) is 0 Å². The molecule has 0 radical (unpaired) electrons. The van der Waals surface area contributed by atoms with Crippen LogP contribution < -0.4 is 5.73 Å². The van der Waals surface area contributed by atoms with Gasteiger partial charge in [0.2, 0.25) is 0 Å². The summed E-state index contributed by atoms with van der Waals surface area (Å²) >= 11 is 1.70. The van der Waals surface area contributed by atoms with Crippen LogP contribution in [0.4, 0.5) is 0 Å². The molecule has 2 aromatic heterocycles. The zero-order chi connectivity index (χ0) is 14.9. The molecule has 0 spiro atoms. The summed E-state index contributed by atoms with van der Waals surface area (Å²) in [7, 11) is 0. The monoisotopic (exact) mass is 310 g/mol. The Morgan fingerprint density at radius 1 is 1.32 bits per heavy atom. The van der Waals surface area contributed by atoms with Crippen molar-refractivity contribution in [3.05, 3.63) is 64.0 Å². The fourth-order valence-corrected chi connectivity index (χ4v) is 3.82. The van der Waals surface area contributed by atoms with Crippen LogP contribution >= 0.6 is 11.3 Å². The summed E-state index contributed by atoms with van der Waals surface area (Å²) in [6.07, 6.45) is 1.93. The van der Waals surface area contributed by atoms with Gasteiger partial charge in [-0.25, -0.2) is 0 Å². The molecule has 0 aliphatic carbocycles. The summed E-state index contributed by atoms with van der Waals surface area (Å²) < 4.78 is 0. The zero-order valence-electron chi connectivity index (χ0n) is 12.2. The average Bonchev–Trinajstić information content (AvgIpc) is 3.18. The van der Waals surface area contributed by atoms with Crippen LogP contribution in [0.2, 0.25) is 0 Å². The number of benzene rings is 1. The van der Waals surface area contributed by atoms with Gasteiger partial charge in [-0.05, 0) is 22.6 Å². The Hall–Kier alpha value is -1.95. The Morgan fingerprint density at radius 2 is 2.23 bits per heavy atom. The fourth-order valence-electron chi connectivity index (χ4n) is 3.17.